The number of methoxy groups -OCH3 is 1. The lowest BCUT2D eigenvalue weighted by Crippen LogP contribution is -1.90. The van der Waals surface area contributed by atoms with Gasteiger partial charge in [0.25, 0.3) is 0 Å². The van der Waals surface area contributed by atoms with Gasteiger partial charge in [0.2, 0.25) is 0 Å². The molecule has 0 bridgehead atoms. The first-order valence-corrected chi connectivity index (χ1v) is 4.93. The first kappa shape index (κ1) is 11.3. The van der Waals surface area contributed by atoms with Crippen LogP contribution in [0.3, 0.4) is 0 Å². The fourth-order valence-electron chi connectivity index (χ4n) is 1.44. The van der Waals surface area contributed by atoms with E-state index in [9.17, 15) is 9.18 Å². The zero-order chi connectivity index (χ0) is 12.4. The van der Waals surface area contributed by atoms with Crippen molar-refractivity contribution in [1.82, 2.24) is 5.16 Å². The van der Waals surface area contributed by atoms with E-state index in [1.54, 1.807) is 0 Å². The van der Waals surface area contributed by atoms with Crippen LogP contribution in [-0.4, -0.2) is 18.0 Å². The summed E-state index contributed by atoms with van der Waals surface area (Å²) in [5, 5.41) is 3.59. The Morgan fingerprint density at radius 1 is 1.41 bits per heavy atom. The van der Waals surface area contributed by atoms with Crippen molar-refractivity contribution >= 4 is 5.78 Å². The second-order valence-electron chi connectivity index (χ2n) is 3.48. The molecular weight excluding hydrogens is 225 g/mol. The maximum atomic E-state index is 13.1. The van der Waals surface area contributed by atoms with Gasteiger partial charge in [-0.05, 0) is 18.2 Å². The summed E-state index contributed by atoms with van der Waals surface area (Å²) >= 11 is 0. The van der Waals surface area contributed by atoms with Crippen LogP contribution in [0, 0.1) is 5.82 Å². The largest absolute Gasteiger partial charge is 0.496 e. The van der Waals surface area contributed by atoms with Crippen molar-refractivity contribution in [3.63, 3.8) is 0 Å². The standard InChI is InChI=1S/C12H10FNO3/c1-7(15)10-6-12(17-14-10)9-5-8(13)3-4-11(9)16-2/h3-6H,1-2H3. The van der Waals surface area contributed by atoms with Crippen LogP contribution in [0.4, 0.5) is 4.39 Å². The fraction of sp³-hybridized carbons (Fsp3) is 0.167. The summed E-state index contributed by atoms with van der Waals surface area (Å²) < 4.78 is 23.2. The molecule has 0 fully saturated rings. The monoisotopic (exact) mass is 235 g/mol. The number of carbonyl (C=O) groups is 1. The molecule has 88 valence electrons. The molecule has 0 atom stereocenters. The molecule has 0 spiro atoms. The third kappa shape index (κ3) is 2.18. The van der Waals surface area contributed by atoms with Crippen LogP contribution in [0.15, 0.2) is 28.8 Å². The van der Waals surface area contributed by atoms with E-state index in [2.05, 4.69) is 5.16 Å². The van der Waals surface area contributed by atoms with Gasteiger partial charge in [0, 0.05) is 13.0 Å². The number of ether oxygens (including phenoxy) is 1. The maximum Gasteiger partial charge on any atom is 0.181 e. The van der Waals surface area contributed by atoms with E-state index in [4.69, 9.17) is 9.26 Å². The van der Waals surface area contributed by atoms with Crippen molar-refractivity contribution in [1.29, 1.82) is 0 Å². The molecular formula is C12H10FNO3. The number of benzene rings is 1. The number of nitrogens with zero attached hydrogens (tertiary/aromatic N) is 1. The van der Waals surface area contributed by atoms with Crippen LogP contribution in [-0.2, 0) is 0 Å². The molecule has 0 aliphatic heterocycles. The fourth-order valence-corrected chi connectivity index (χ4v) is 1.44. The van der Waals surface area contributed by atoms with E-state index in [1.165, 1.54) is 38.3 Å². The molecule has 4 nitrogen and oxygen atoms in total. The number of Topliss-reactive ketones (excluding diaryl/α,β-unsaturated/α-hetero) is 1. The van der Waals surface area contributed by atoms with E-state index >= 15 is 0 Å². The van der Waals surface area contributed by atoms with Gasteiger partial charge in [-0.25, -0.2) is 4.39 Å². The minimum Gasteiger partial charge on any atom is -0.496 e. The molecule has 2 aromatic rings. The third-order valence-electron chi connectivity index (χ3n) is 2.30. The molecule has 17 heavy (non-hydrogen) atoms. The molecule has 5 heteroatoms. The first-order valence-electron chi connectivity index (χ1n) is 4.93. The maximum absolute atomic E-state index is 13.1. The van der Waals surface area contributed by atoms with Crippen molar-refractivity contribution < 1.29 is 18.4 Å². The zero-order valence-corrected chi connectivity index (χ0v) is 9.36. The molecule has 2 rings (SSSR count). The van der Waals surface area contributed by atoms with Crippen molar-refractivity contribution in [3.8, 4) is 17.1 Å². The summed E-state index contributed by atoms with van der Waals surface area (Å²) in [5.41, 5.74) is 0.624. The van der Waals surface area contributed by atoms with Gasteiger partial charge in [-0.2, -0.15) is 0 Å². The third-order valence-corrected chi connectivity index (χ3v) is 2.30. The van der Waals surface area contributed by atoms with E-state index in [0.717, 1.165) is 0 Å². The predicted molar refractivity (Wildman–Crippen MR) is 58.5 cm³/mol. The van der Waals surface area contributed by atoms with Crippen molar-refractivity contribution in [2.24, 2.45) is 0 Å². The molecule has 0 aliphatic carbocycles. The number of hydrogen-bond donors (Lipinski definition) is 0. The molecule has 0 aliphatic rings. The molecule has 0 saturated heterocycles. The highest BCUT2D eigenvalue weighted by Crippen LogP contribution is 2.31. The molecule has 0 unspecified atom stereocenters. The van der Waals surface area contributed by atoms with Gasteiger partial charge in [0.15, 0.2) is 11.5 Å². The average Bonchev–Trinajstić information content (AvgIpc) is 2.78. The van der Waals surface area contributed by atoms with Crippen LogP contribution < -0.4 is 4.74 Å². The summed E-state index contributed by atoms with van der Waals surface area (Å²) in [5.74, 6) is 0.126. The number of ketones is 1. The highest BCUT2D eigenvalue weighted by molar-refractivity contribution is 5.93. The van der Waals surface area contributed by atoms with E-state index in [-0.39, 0.29) is 11.5 Å². The van der Waals surface area contributed by atoms with Crippen molar-refractivity contribution in [2.75, 3.05) is 7.11 Å². The highest BCUT2D eigenvalue weighted by Gasteiger charge is 2.14. The van der Waals surface area contributed by atoms with Crippen LogP contribution in [0.1, 0.15) is 17.4 Å². The molecule has 1 aromatic carbocycles. The zero-order valence-electron chi connectivity index (χ0n) is 9.36. The Kier molecular flexibility index (Phi) is 2.91. The van der Waals surface area contributed by atoms with Gasteiger partial charge in [-0.1, -0.05) is 5.16 Å². The van der Waals surface area contributed by atoms with Crippen molar-refractivity contribution in [3.05, 3.63) is 35.8 Å². The summed E-state index contributed by atoms with van der Waals surface area (Å²) in [7, 11) is 1.47. The Morgan fingerprint density at radius 2 is 2.18 bits per heavy atom. The van der Waals surface area contributed by atoms with Gasteiger partial charge in [-0.15, -0.1) is 0 Å². The van der Waals surface area contributed by atoms with Gasteiger partial charge >= 0.3 is 0 Å². The van der Waals surface area contributed by atoms with Crippen LogP contribution in [0.5, 0.6) is 5.75 Å². The number of hydrogen-bond acceptors (Lipinski definition) is 4. The summed E-state index contributed by atoms with van der Waals surface area (Å²) in [6, 6.07) is 5.49. The Balaban J connectivity index is 2.51. The van der Waals surface area contributed by atoms with E-state index < -0.39 is 5.82 Å². The minimum atomic E-state index is -0.415. The van der Waals surface area contributed by atoms with Gasteiger partial charge in [-0.3, -0.25) is 4.79 Å². The molecule has 1 aromatic heterocycles. The number of halogens is 1. The summed E-state index contributed by atoms with van der Waals surface area (Å²) in [6.07, 6.45) is 0. The van der Waals surface area contributed by atoms with Crippen LogP contribution >= 0.6 is 0 Å². The van der Waals surface area contributed by atoms with Gasteiger partial charge in [0.1, 0.15) is 17.3 Å². The van der Waals surface area contributed by atoms with Crippen LogP contribution in [0.2, 0.25) is 0 Å². The normalized spacial score (nSPS) is 10.3. The number of rotatable bonds is 3. The predicted octanol–water partition coefficient (Wildman–Crippen LogP) is 2.69. The lowest BCUT2D eigenvalue weighted by molar-refractivity contribution is 0.100. The topological polar surface area (TPSA) is 52.3 Å². The minimum absolute atomic E-state index is 0.200. The second-order valence-corrected chi connectivity index (χ2v) is 3.48. The van der Waals surface area contributed by atoms with E-state index in [0.29, 0.717) is 17.1 Å². The smallest absolute Gasteiger partial charge is 0.181 e. The lowest BCUT2D eigenvalue weighted by Gasteiger charge is -2.04. The molecule has 0 amide bonds. The van der Waals surface area contributed by atoms with Crippen molar-refractivity contribution in [2.45, 2.75) is 6.92 Å². The summed E-state index contributed by atoms with van der Waals surface area (Å²) in [4.78, 5) is 11.1. The molecule has 0 radical (unpaired) electrons. The first-order chi connectivity index (χ1) is 8.11. The molecule has 0 saturated carbocycles. The lowest BCUT2D eigenvalue weighted by atomic mass is 10.1. The summed E-state index contributed by atoms with van der Waals surface area (Å²) in [6.45, 7) is 1.38. The molecule has 1 heterocycles. The molecule has 0 N–H and O–H groups in total. The number of aromatic nitrogens is 1. The Bertz CT molecular complexity index is 563. The highest BCUT2D eigenvalue weighted by atomic mass is 19.1. The quantitative estimate of drug-likeness (QED) is 0.767. The Morgan fingerprint density at radius 3 is 2.76 bits per heavy atom. The van der Waals surface area contributed by atoms with E-state index in [1.807, 2.05) is 0 Å². The van der Waals surface area contributed by atoms with Gasteiger partial charge in [0.05, 0.1) is 12.7 Å². The van der Waals surface area contributed by atoms with Gasteiger partial charge < -0.3 is 9.26 Å². The SMILES string of the molecule is COc1ccc(F)cc1-c1cc(C(C)=O)no1. The van der Waals surface area contributed by atoms with Crippen LogP contribution in [0.25, 0.3) is 11.3 Å². The average molecular weight is 235 g/mol. The second kappa shape index (κ2) is 4.37. The number of carbonyl (C=O) groups excluding carboxylic acids is 1. The Labute approximate surface area is 97.0 Å². The Hall–Kier alpha value is -2.17.